The number of carboxylic acids is 1. The minimum Gasteiger partial charge on any atom is -0.478 e. The molecule has 0 aromatic heterocycles. The molecule has 19 heavy (non-hydrogen) atoms. The van der Waals surface area contributed by atoms with Crippen LogP contribution in [0.5, 0.6) is 0 Å². The van der Waals surface area contributed by atoms with Crippen LogP contribution in [0.4, 0.5) is 0 Å². The lowest BCUT2D eigenvalue weighted by Crippen LogP contribution is -2.09. The first-order chi connectivity index (χ1) is 9.15. The second kappa shape index (κ2) is 8.79. The lowest BCUT2D eigenvalue weighted by molar-refractivity contribution is 0.0696. The minimum absolute atomic E-state index is 0.145. The number of carbonyl (C=O) groups is 1. The predicted octanol–water partition coefficient (Wildman–Crippen LogP) is 1.55. The molecule has 0 aliphatic rings. The largest absolute Gasteiger partial charge is 0.478 e. The third-order valence-electron chi connectivity index (χ3n) is 2.39. The Morgan fingerprint density at radius 1 is 1.32 bits per heavy atom. The quantitative estimate of drug-likeness (QED) is 0.697. The molecular formula is C13H18O5S. The molecule has 1 unspecified atom stereocenters. The first-order valence-electron chi connectivity index (χ1n) is 5.93. The van der Waals surface area contributed by atoms with Crippen molar-refractivity contribution in [3.8, 4) is 0 Å². The van der Waals surface area contributed by atoms with Gasteiger partial charge in [-0.3, -0.25) is 4.21 Å². The molecule has 0 heterocycles. The smallest absolute Gasteiger partial charge is 0.335 e. The molecule has 1 aromatic rings. The van der Waals surface area contributed by atoms with Crippen molar-refractivity contribution in [1.82, 2.24) is 0 Å². The van der Waals surface area contributed by atoms with Gasteiger partial charge in [0.25, 0.3) is 0 Å². The van der Waals surface area contributed by atoms with Crippen molar-refractivity contribution in [2.45, 2.75) is 11.3 Å². The number of benzene rings is 1. The fourth-order valence-corrected chi connectivity index (χ4v) is 2.42. The number of ether oxygens (including phenoxy) is 2. The van der Waals surface area contributed by atoms with Crippen molar-refractivity contribution < 1.29 is 23.6 Å². The molecule has 106 valence electrons. The van der Waals surface area contributed by atoms with Crippen LogP contribution in [0.1, 0.15) is 16.8 Å². The summed E-state index contributed by atoms with van der Waals surface area (Å²) < 4.78 is 22.1. The standard InChI is InChI=1S/C13H18O5S/c1-17-6-3-7-18-8-9-19(16)12-5-2-4-11(10-12)13(14)15/h2,4-5,10H,3,6-9H2,1H3,(H,14,15). The molecule has 0 fully saturated rings. The highest BCUT2D eigenvalue weighted by atomic mass is 32.2. The molecule has 1 rings (SSSR count). The Kier molecular flexibility index (Phi) is 7.32. The maximum atomic E-state index is 11.9. The highest BCUT2D eigenvalue weighted by Gasteiger charge is 2.08. The van der Waals surface area contributed by atoms with Crippen LogP contribution in [0.2, 0.25) is 0 Å². The minimum atomic E-state index is -1.24. The van der Waals surface area contributed by atoms with Gasteiger partial charge in [0.15, 0.2) is 0 Å². The lowest BCUT2D eigenvalue weighted by atomic mass is 10.2. The average molecular weight is 286 g/mol. The number of methoxy groups -OCH3 is 1. The normalized spacial score (nSPS) is 12.3. The van der Waals surface area contributed by atoms with Crippen molar-refractivity contribution in [2.75, 3.05) is 32.7 Å². The summed E-state index contributed by atoms with van der Waals surface area (Å²) in [6, 6.07) is 6.16. The van der Waals surface area contributed by atoms with Crippen molar-refractivity contribution in [1.29, 1.82) is 0 Å². The van der Waals surface area contributed by atoms with Gasteiger partial charge in [-0.2, -0.15) is 0 Å². The number of rotatable bonds is 9. The predicted molar refractivity (Wildman–Crippen MR) is 72.0 cm³/mol. The van der Waals surface area contributed by atoms with Gasteiger partial charge in [0, 0.05) is 25.2 Å². The third-order valence-corrected chi connectivity index (χ3v) is 3.71. The van der Waals surface area contributed by atoms with Gasteiger partial charge in [0.1, 0.15) is 0 Å². The van der Waals surface area contributed by atoms with Crippen molar-refractivity contribution in [3.63, 3.8) is 0 Å². The SMILES string of the molecule is COCCCOCCS(=O)c1cccc(C(=O)O)c1. The van der Waals surface area contributed by atoms with Gasteiger partial charge in [0.05, 0.1) is 28.7 Å². The van der Waals surface area contributed by atoms with Crippen molar-refractivity contribution in [2.24, 2.45) is 0 Å². The van der Waals surface area contributed by atoms with Crippen LogP contribution in [0.15, 0.2) is 29.2 Å². The van der Waals surface area contributed by atoms with Crippen LogP contribution in [0, 0.1) is 0 Å². The monoisotopic (exact) mass is 286 g/mol. The fourth-order valence-electron chi connectivity index (χ4n) is 1.43. The second-order valence-corrected chi connectivity index (χ2v) is 5.41. The van der Waals surface area contributed by atoms with Crippen LogP contribution in [-0.2, 0) is 20.3 Å². The van der Waals surface area contributed by atoms with E-state index in [4.69, 9.17) is 14.6 Å². The summed E-state index contributed by atoms with van der Waals surface area (Å²) in [6.45, 7) is 1.59. The topological polar surface area (TPSA) is 72.8 Å². The van der Waals surface area contributed by atoms with Crippen LogP contribution in [0.25, 0.3) is 0 Å². The highest BCUT2D eigenvalue weighted by Crippen LogP contribution is 2.10. The van der Waals surface area contributed by atoms with Crippen LogP contribution >= 0.6 is 0 Å². The van der Waals surface area contributed by atoms with E-state index < -0.39 is 16.8 Å². The maximum absolute atomic E-state index is 11.9. The first kappa shape index (κ1) is 15.8. The molecule has 5 nitrogen and oxygen atoms in total. The average Bonchev–Trinajstić information content (AvgIpc) is 2.42. The molecule has 0 spiro atoms. The van der Waals surface area contributed by atoms with E-state index >= 15 is 0 Å². The van der Waals surface area contributed by atoms with E-state index in [0.717, 1.165) is 6.42 Å². The molecular weight excluding hydrogens is 268 g/mol. The zero-order chi connectivity index (χ0) is 14.1. The molecule has 1 aromatic carbocycles. The van der Waals surface area contributed by atoms with E-state index in [1.165, 1.54) is 12.1 Å². The fraction of sp³-hybridized carbons (Fsp3) is 0.462. The van der Waals surface area contributed by atoms with E-state index in [-0.39, 0.29) is 5.56 Å². The molecule has 1 N–H and O–H groups in total. The summed E-state index contributed by atoms with van der Waals surface area (Å²) in [7, 11) is 0.392. The van der Waals surface area contributed by atoms with E-state index in [9.17, 15) is 9.00 Å². The lowest BCUT2D eigenvalue weighted by Gasteiger charge is -2.05. The molecule has 0 radical (unpaired) electrons. The highest BCUT2D eigenvalue weighted by molar-refractivity contribution is 7.85. The summed E-state index contributed by atoms with van der Waals surface area (Å²) in [6.07, 6.45) is 0.803. The van der Waals surface area contributed by atoms with E-state index in [2.05, 4.69) is 0 Å². The first-order valence-corrected chi connectivity index (χ1v) is 7.25. The van der Waals surface area contributed by atoms with Gasteiger partial charge in [-0.1, -0.05) is 6.07 Å². The van der Waals surface area contributed by atoms with Gasteiger partial charge < -0.3 is 14.6 Å². The second-order valence-electron chi connectivity index (χ2n) is 3.84. The van der Waals surface area contributed by atoms with Gasteiger partial charge in [-0.05, 0) is 24.6 Å². The number of carboxylic acid groups (broad SMARTS) is 1. The Bertz CT molecular complexity index is 433. The van der Waals surface area contributed by atoms with Gasteiger partial charge in [-0.25, -0.2) is 4.79 Å². The zero-order valence-corrected chi connectivity index (χ0v) is 11.6. The molecule has 1 atom stereocenters. The summed E-state index contributed by atoms with van der Waals surface area (Å²) in [5, 5.41) is 8.85. The van der Waals surface area contributed by atoms with Crippen LogP contribution in [-0.4, -0.2) is 48.0 Å². The summed E-state index contributed by atoms with van der Waals surface area (Å²) >= 11 is 0. The number of aromatic carboxylic acids is 1. The Balaban J connectivity index is 2.37. The van der Waals surface area contributed by atoms with E-state index in [1.807, 2.05) is 0 Å². The van der Waals surface area contributed by atoms with Gasteiger partial charge in [-0.15, -0.1) is 0 Å². The van der Waals surface area contributed by atoms with Crippen molar-refractivity contribution in [3.05, 3.63) is 29.8 Å². The number of hydrogen-bond acceptors (Lipinski definition) is 4. The molecule has 0 saturated carbocycles. The number of hydrogen-bond donors (Lipinski definition) is 1. The van der Waals surface area contributed by atoms with E-state index in [0.29, 0.717) is 30.5 Å². The zero-order valence-electron chi connectivity index (χ0n) is 10.8. The molecule has 6 heteroatoms. The summed E-state index contributed by atoms with van der Waals surface area (Å²) in [5.74, 6) is -0.662. The Morgan fingerprint density at radius 2 is 2.11 bits per heavy atom. The Hall–Kier alpha value is -1.24. The molecule has 0 bridgehead atoms. The van der Waals surface area contributed by atoms with Crippen LogP contribution < -0.4 is 0 Å². The Morgan fingerprint density at radius 3 is 2.79 bits per heavy atom. The van der Waals surface area contributed by atoms with Crippen molar-refractivity contribution >= 4 is 16.8 Å². The maximum Gasteiger partial charge on any atom is 0.335 e. The van der Waals surface area contributed by atoms with Crippen LogP contribution in [0.3, 0.4) is 0 Å². The molecule has 0 amide bonds. The molecule has 0 aliphatic heterocycles. The van der Waals surface area contributed by atoms with Gasteiger partial charge in [0.2, 0.25) is 0 Å². The summed E-state index contributed by atoms with van der Waals surface area (Å²) in [5.41, 5.74) is 0.145. The molecule has 0 aliphatic carbocycles. The summed E-state index contributed by atoms with van der Waals surface area (Å²) in [4.78, 5) is 11.3. The Labute approximate surface area is 115 Å². The van der Waals surface area contributed by atoms with E-state index in [1.54, 1.807) is 19.2 Å². The molecule has 0 saturated heterocycles. The third kappa shape index (κ3) is 5.96. The van der Waals surface area contributed by atoms with Gasteiger partial charge >= 0.3 is 5.97 Å².